The summed E-state index contributed by atoms with van der Waals surface area (Å²) in [5.74, 6) is -0.170. The van der Waals surface area contributed by atoms with Gasteiger partial charge in [0.2, 0.25) is 0 Å². The standard InChI is InChI=1S/C11H11Br2F/c1-8(3-2-6-12)10-7-9(13)4-5-11(10)14/h3-5,7H,2,6H2,1H3. The molecule has 0 saturated heterocycles. The molecule has 0 nitrogen and oxygen atoms in total. The summed E-state index contributed by atoms with van der Waals surface area (Å²) < 4.78 is 14.3. The minimum atomic E-state index is -0.170. The Bertz CT molecular complexity index is 345. The van der Waals surface area contributed by atoms with Crippen molar-refractivity contribution in [3.05, 3.63) is 40.1 Å². The molecular weight excluding hydrogens is 311 g/mol. The SMILES string of the molecule is CC(=CCCBr)c1cc(Br)ccc1F. The van der Waals surface area contributed by atoms with Gasteiger partial charge < -0.3 is 0 Å². The van der Waals surface area contributed by atoms with E-state index < -0.39 is 0 Å². The zero-order chi connectivity index (χ0) is 10.6. The van der Waals surface area contributed by atoms with Gasteiger partial charge in [0.1, 0.15) is 5.82 Å². The first kappa shape index (κ1) is 11.9. The van der Waals surface area contributed by atoms with Crippen LogP contribution >= 0.6 is 31.9 Å². The molecule has 0 unspecified atom stereocenters. The summed E-state index contributed by atoms with van der Waals surface area (Å²) in [6.45, 7) is 1.92. The molecular formula is C11H11Br2F. The van der Waals surface area contributed by atoms with Crippen LogP contribution in [-0.2, 0) is 0 Å². The molecule has 0 bridgehead atoms. The maximum absolute atomic E-state index is 13.4. The van der Waals surface area contributed by atoms with Crippen molar-refractivity contribution < 1.29 is 4.39 Å². The number of alkyl halides is 1. The van der Waals surface area contributed by atoms with E-state index in [1.54, 1.807) is 12.1 Å². The topological polar surface area (TPSA) is 0 Å². The van der Waals surface area contributed by atoms with Crippen LogP contribution in [-0.4, -0.2) is 5.33 Å². The normalized spacial score (nSPS) is 11.9. The Hall–Kier alpha value is -0.150. The maximum Gasteiger partial charge on any atom is 0.130 e. The molecule has 0 aromatic heterocycles. The first-order valence-electron chi connectivity index (χ1n) is 4.33. The summed E-state index contributed by atoms with van der Waals surface area (Å²) in [7, 11) is 0. The molecule has 0 atom stereocenters. The fourth-order valence-corrected chi connectivity index (χ4v) is 1.77. The summed E-state index contributed by atoms with van der Waals surface area (Å²) in [4.78, 5) is 0. The van der Waals surface area contributed by atoms with Crippen molar-refractivity contribution in [1.29, 1.82) is 0 Å². The predicted octanol–water partition coefficient (Wildman–Crippen LogP) is 4.78. The third kappa shape index (κ3) is 3.21. The van der Waals surface area contributed by atoms with E-state index >= 15 is 0 Å². The van der Waals surface area contributed by atoms with Crippen LogP contribution in [0.2, 0.25) is 0 Å². The molecule has 14 heavy (non-hydrogen) atoms. The lowest BCUT2D eigenvalue weighted by Crippen LogP contribution is -1.87. The number of rotatable bonds is 3. The van der Waals surface area contributed by atoms with Crippen molar-refractivity contribution in [3.8, 4) is 0 Å². The minimum Gasteiger partial charge on any atom is -0.206 e. The molecule has 1 rings (SSSR count). The van der Waals surface area contributed by atoms with Gasteiger partial charge in [0.15, 0.2) is 0 Å². The van der Waals surface area contributed by atoms with E-state index in [0.717, 1.165) is 21.8 Å². The summed E-state index contributed by atoms with van der Waals surface area (Å²) in [5, 5.41) is 0.903. The second kappa shape index (κ2) is 5.66. The Labute approximate surface area is 100 Å². The van der Waals surface area contributed by atoms with Gasteiger partial charge in [0.25, 0.3) is 0 Å². The van der Waals surface area contributed by atoms with Crippen molar-refractivity contribution in [2.24, 2.45) is 0 Å². The van der Waals surface area contributed by atoms with E-state index in [4.69, 9.17) is 0 Å². The van der Waals surface area contributed by atoms with Gasteiger partial charge in [-0.05, 0) is 37.1 Å². The van der Waals surface area contributed by atoms with Crippen LogP contribution in [0.15, 0.2) is 28.7 Å². The van der Waals surface area contributed by atoms with Crippen molar-refractivity contribution in [2.45, 2.75) is 13.3 Å². The Morgan fingerprint density at radius 1 is 1.50 bits per heavy atom. The van der Waals surface area contributed by atoms with Crippen LogP contribution in [0.1, 0.15) is 18.9 Å². The van der Waals surface area contributed by atoms with Gasteiger partial charge in [-0.2, -0.15) is 0 Å². The third-order valence-electron chi connectivity index (χ3n) is 1.91. The fraction of sp³-hybridized carbons (Fsp3) is 0.273. The molecule has 0 amide bonds. The van der Waals surface area contributed by atoms with Crippen molar-refractivity contribution >= 4 is 37.4 Å². The number of hydrogen-bond donors (Lipinski definition) is 0. The van der Waals surface area contributed by atoms with Gasteiger partial charge in [-0.15, -0.1) is 0 Å². The van der Waals surface area contributed by atoms with E-state index in [1.807, 2.05) is 13.0 Å². The van der Waals surface area contributed by atoms with Crippen LogP contribution in [0.25, 0.3) is 5.57 Å². The number of allylic oxidation sites excluding steroid dienone is 2. The molecule has 0 aliphatic carbocycles. The Balaban J connectivity index is 2.99. The molecule has 0 aliphatic rings. The van der Waals surface area contributed by atoms with E-state index in [1.165, 1.54) is 6.07 Å². The highest BCUT2D eigenvalue weighted by atomic mass is 79.9. The van der Waals surface area contributed by atoms with Gasteiger partial charge >= 0.3 is 0 Å². The maximum atomic E-state index is 13.4. The van der Waals surface area contributed by atoms with Crippen LogP contribution in [0.3, 0.4) is 0 Å². The lowest BCUT2D eigenvalue weighted by Gasteiger charge is -2.04. The predicted molar refractivity (Wildman–Crippen MR) is 66.2 cm³/mol. The summed E-state index contributed by atoms with van der Waals surface area (Å²) >= 11 is 6.67. The summed E-state index contributed by atoms with van der Waals surface area (Å²) in [6.07, 6.45) is 2.94. The second-order valence-electron chi connectivity index (χ2n) is 2.99. The number of benzene rings is 1. The molecule has 0 radical (unpaired) electrons. The highest BCUT2D eigenvalue weighted by molar-refractivity contribution is 9.10. The lowest BCUT2D eigenvalue weighted by atomic mass is 10.1. The molecule has 0 N–H and O–H groups in total. The first-order valence-corrected chi connectivity index (χ1v) is 6.24. The second-order valence-corrected chi connectivity index (χ2v) is 4.70. The molecule has 0 fully saturated rings. The third-order valence-corrected chi connectivity index (χ3v) is 2.86. The van der Waals surface area contributed by atoms with Crippen molar-refractivity contribution in [1.82, 2.24) is 0 Å². The first-order chi connectivity index (χ1) is 6.65. The zero-order valence-corrected chi connectivity index (χ0v) is 11.0. The average molecular weight is 322 g/mol. The lowest BCUT2D eigenvalue weighted by molar-refractivity contribution is 0.623. The van der Waals surface area contributed by atoms with E-state index in [9.17, 15) is 4.39 Å². The van der Waals surface area contributed by atoms with Crippen molar-refractivity contribution in [3.63, 3.8) is 0 Å². The molecule has 3 heteroatoms. The summed E-state index contributed by atoms with van der Waals surface area (Å²) in [6, 6.07) is 4.98. The van der Waals surface area contributed by atoms with Gasteiger partial charge in [-0.25, -0.2) is 4.39 Å². The van der Waals surface area contributed by atoms with E-state index in [-0.39, 0.29) is 5.82 Å². The Morgan fingerprint density at radius 3 is 2.86 bits per heavy atom. The van der Waals surface area contributed by atoms with E-state index in [2.05, 4.69) is 31.9 Å². The molecule has 0 aliphatic heterocycles. The quantitative estimate of drug-likeness (QED) is 0.703. The molecule has 1 aromatic rings. The van der Waals surface area contributed by atoms with Gasteiger partial charge in [-0.1, -0.05) is 37.9 Å². The zero-order valence-electron chi connectivity index (χ0n) is 7.86. The molecule has 1 aromatic carbocycles. The molecule has 0 saturated carbocycles. The van der Waals surface area contributed by atoms with Gasteiger partial charge in [0.05, 0.1) is 0 Å². The van der Waals surface area contributed by atoms with Crippen LogP contribution in [0.5, 0.6) is 0 Å². The molecule has 0 spiro atoms. The number of hydrogen-bond acceptors (Lipinski definition) is 0. The number of halogens is 3. The molecule has 0 heterocycles. The monoisotopic (exact) mass is 320 g/mol. The van der Waals surface area contributed by atoms with Crippen LogP contribution < -0.4 is 0 Å². The summed E-state index contributed by atoms with van der Waals surface area (Å²) in [5.41, 5.74) is 1.64. The van der Waals surface area contributed by atoms with Gasteiger partial charge in [-0.3, -0.25) is 0 Å². The fourth-order valence-electron chi connectivity index (χ4n) is 1.18. The smallest absolute Gasteiger partial charge is 0.130 e. The largest absolute Gasteiger partial charge is 0.206 e. The van der Waals surface area contributed by atoms with Gasteiger partial charge in [0, 0.05) is 15.4 Å². The van der Waals surface area contributed by atoms with E-state index in [0.29, 0.717) is 5.56 Å². The minimum absolute atomic E-state index is 0.170. The van der Waals surface area contributed by atoms with Crippen LogP contribution in [0.4, 0.5) is 4.39 Å². The van der Waals surface area contributed by atoms with Crippen LogP contribution in [0, 0.1) is 5.82 Å². The highest BCUT2D eigenvalue weighted by Crippen LogP contribution is 2.22. The molecule has 76 valence electrons. The highest BCUT2D eigenvalue weighted by Gasteiger charge is 2.03. The Morgan fingerprint density at radius 2 is 2.21 bits per heavy atom. The Kier molecular flexibility index (Phi) is 4.82. The average Bonchev–Trinajstić information content (AvgIpc) is 2.18. The van der Waals surface area contributed by atoms with Crippen molar-refractivity contribution in [2.75, 3.05) is 5.33 Å².